The number of aliphatic hydroxyl groups is 1. The van der Waals surface area contributed by atoms with Crippen molar-refractivity contribution >= 4 is 0 Å². The first kappa shape index (κ1) is 9.95. The summed E-state index contributed by atoms with van der Waals surface area (Å²) in [5, 5.41) is 9.25. The molecule has 0 fully saturated rings. The van der Waals surface area contributed by atoms with Gasteiger partial charge in [0.1, 0.15) is 0 Å². The molecule has 1 aromatic heterocycles. The standard InChI is InChI=1S/C9H14N2O2/c1-6(12)9(10)7-3-4-11-8(5-7)13-2/h3-6,9,12H,10H2,1-2H3/t6-,9+/m1/s1. The Kier molecular flexibility index (Phi) is 3.22. The first-order chi connectivity index (χ1) is 6.15. The molecule has 0 saturated heterocycles. The number of pyridine rings is 1. The summed E-state index contributed by atoms with van der Waals surface area (Å²) in [6.45, 7) is 1.65. The highest BCUT2D eigenvalue weighted by molar-refractivity contribution is 5.23. The molecular weight excluding hydrogens is 168 g/mol. The van der Waals surface area contributed by atoms with Crippen LogP contribution in [0.15, 0.2) is 18.3 Å². The van der Waals surface area contributed by atoms with E-state index < -0.39 is 12.1 Å². The van der Waals surface area contributed by atoms with Crippen LogP contribution in [0.3, 0.4) is 0 Å². The molecule has 0 amide bonds. The largest absolute Gasteiger partial charge is 0.481 e. The minimum Gasteiger partial charge on any atom is -0.481 e. The van der Waals surface area contributed by atoms with Gasteiger partial charge >= 0.3 is 0 Å². The van der Waals surface area contributed by atoms with Crippen LogP contribution in [0.25, 0.3) is 0 Å². The monoisotopic (exact) mass is 182 g/mol. The van der Waals surface area contributed by atoms with Gasteiger partial charge in [-0.25, -0.2) is 4.98 Å². The van der Waals surface area contributed by atoms with Crippen LogP contribution in [0.5, 0.6) is 5.88 Å². The second kappa shape index (κ2) is 4.20. The molecule has 2 atom stereocenters. The first-order valence-corrected chi connectivity index (χ1v) is 4.08. The SMILES string of the molecule is COc1cc([C@@H](N)[C@@H](C)O)ccn1. The Bertz CT molecular complexity index is 276. The van der Waals surface area contributed by atoms with Gasteiger partial charge in [-0.3, -0.25) is 0 Å². The van der Waals surface area contributed by atoms with Crippen molar-refractivity contribution in [3.05, 3.63) is 23.9 Å². The number of rotatable bonds is 3. The number of nitrogens with zero attached hydrogens (tertiary/aromatic N) is 1. The number of hydrogen-bond donors (Lipinski definition) is 2. The van der Waals surface area contributed by atoms with Gasteiger partial charge in [0.2, 0.25) is 5.88 Å². The van der Waals surface area contributed by atoms with Gasteiger partial charge in [0.05, 0.1) is 19.3 Å². The van der Waals surface area contributed by atoms with Crippen LogP contribution in [0.2, 0.25) is 0 Å². The minimum absolute atomic E-state index is 0.392. The molecule has 4 nitrogen and oxygen atoms in total. The van der Waals surface area contributed by atoms with Gasteiger partial charge in [-0.15, -0.1) is 0 Å². The van der Waals surface area contributed by atoms with E-state index in [0.29, 0.717) is 5.88 Å². The maximum atomic E-state index is 9.25. The highest BCUT2D eigenvalue weighted by atomic mass is 16.5. The minimum atomic E-state index is -0.577. The molecule has 0 aromatic carbocycles. The Labute approximate surface area is 77.4 Å². The molecule has 0 spiro atoms. The third-order valence-corrected chi connectivity index (χ3v) is 1.87. The quantitative estimate of drug-likeness (QED) is 0.713. The molecule has 0 unspecified atom stereocenters. The van der Waals surface area contributed by atoms with E-state index in [1.165, 1.54) is 0 Å². The second-order valence-corrected chi connectivity index (χ2v) is 2.90. The van der Waals surface area contributed by atoms with E-state index in [-0.39, 0.29) is 0 Å². The summed E-state index contributed by atoms with van der Waals surface area (Å²) in [4.78, 5) is 3.94. The van der Waals surface area contributed by atoms with E-state index >= 15 is 0 Å². The molecule has 1 rings (SSSR count). The molecule has 3 N–H and O–H groups in total. The molecule has 1 heterocycles. The van der Waals surface area contributed by atoms with Crippen LogP contribution in [-0.4, -0.2) is 23.3 Å². The van der Waals surface area contributed by atoms with E-state index in [2.05, 4.69) is 4.98 Å². The fourth-order valence-electron chi connectivity index (χ4n) is 1.02. The highest BCUT2D eigenvalue weighted by Crippen LogP contribution is 2.17. The van der Waals surface area contributed by atoms with Gasteiger partial charge in [-0.05, 0) is 18.6 Å². The molecule has 0 aliphatic carbocycles. The molecule has 0 bridgehead atoms. The lowest BCUT2D eigenvalue weighted by Crippen LogP contribution is -2.23. The molecule has 0 aliphatic heterocycles. The van der Waals surface area contributed by atoms with Crippen LogP contribution in [0, 0.1) is 0 Å². The lowest BCUT2D eigenvalue weighted by Gasteiger charge is -2.14. The third-order valence-electron chi connectivity index (χ3n) is 1.87. The van der Waals surface area contributed by atoms with Gasteiger partial charge in [-0.2, -0.15) is 0 Å². The zero-order valence-electron chi connectivity index (χ0n) is 7.77. The van der Waals surface area contributed by atoms with Crippen LogP contribution in [0.4, 0.5) is 0 Å². The van der Waals surface area contributed by atoms with Crippen molar-refractivity contribution in [3.63, 3.8) is 0 Å². The van der Waals surface area contributed by atoms with Crippen molar-refractivity contribution in [2.75, 3.05) is 7.11 Å². The van der Waals surface area contributed by atoms with Crippen LogP contribution < -0.4 is 10.5 Å². The Hall–Kier alpha value is -1.13. The summed E-state index contributed by atoms with van der Waals surface area (Å²) in [5.74, 6) is 0.508. The molecule has 4 heteroatoms. The maximum Gasteiger partial charge on any atom is 0.213 e. The van der Waals surface area contributed by atoms with Crippen molar-refractivity contribution in [1.82, 2.24) is 4.98 Å². The summed E-state index contributed by atoms with van der Waals surface area (Å²) in [6.07, 6.45) is 1.03. The van der Waals surface area contributed by atoms with Crippen molar-refractivity contribution < 1.29 is 9.84 Å². The lowest BCUT2D eigenvalue weighted by atomic mass is 10.1. The Balaban J connectivity index is 2.88. The second-order valence-electron chi connectivity index (χ2n) is 2.90. The number of methoxy groups -OCH3 is 1. The van der Waals surface area contributed by atoms with Gasteiger partial charge < -0.3 is 15.6 Å². The summed E-state index contributed by atoms with van der Waals surface area (Å²) in [7, 11) is 1.54. The predicted octanol–water partition coefficient (Wildman–Crippen LogP) is 0.471. The summed E-state index contributed by atoms with van der Waals surface area (Å²) >= 11 is 0. The molecule has 72 valence electrons. The number of aromatic nitrogens is 1. The van der Waals surface area contributed by atoms with Crippen molar-refractivity contribution in [3.8, 4) is 5.88 Å². The number of hydrogen-bond acceptors (Lipinski definition) is 4. The normalized spacial score (nSPS) is 15.1. The van der Waals surface area contributed by atoms with E-state index in [1.54, 1.807) is 32.4 Å². The lowest BCUT2D eigenvalue weighted by molar-refractivity contribution is 0.164. The summed E-state index contributed by atoms with van der Waals surface area (Å²) < 4.78 is 4.94. The summed E-state index contributed by atoms with van der Waals surface area (Å²) in [5.41, 5.74) is 6.55. The Morgan fingerprint density at radius 3 is 2.85 bits per heavy atom. The number of ether oxygens (including phenoxy) is 1. The number of aliphatic hydroxyl groups excluding tert-OH is 1. The van der Waals surface area contributed by atoms with Crippen molar-refractivity contribution in [1.29, 1.82) is 0 Å². The zero-order valence-corrected chi connectivity index (χ0v) is 7.77. The average Bonchev–Trinajstić information content (AvgIpc) is 2.16. The highest BCUT2D eigenvalue weighted by Gasteiger charge is 2.12. The zero-order chi connectivity index (χ0) is 9.84. The molecule has 0 saturated carbocycles. The molecule has 13 heavy (non-hydrogen) atoms. The molecular formula is C9H14N2O2. The van der Waals surface area contributed by atoms with Gasteiger partial charge in [0.15, 0.2) is 0 Å². The Morgan fingerprint density at radius 1 is 1.62 bits per heavy atom. The summed E-state index contributed by atoms with van der Waals surface area (Å²) in [6, 6.07) is 3.09. The molecule has 0 aliphatic rings. The average molecular weight is 182 g/mol. The third kappa shape index (κ3) is 2.40. The smallest absolute Gasteiger partial charge is 0.213 e. The Morgan fingerprint density at radius 2 is 2.31 bits per heavy atom. The topological polar surface area (TPSA) is 68.4 Å². The van der Waals surface area contributed by atoms with E-state index in [0.717, 1.165) is 5.56 Å². The maximum absolute atomic E-state index is 9.25. The van der Waals surface area contributed by atoms with E-state index in [9.17, 15) is 5.11 Å². The molecule has 0 radical (unpaired) electrons. The first-order valence-electron chi connectivity index (χ1n) is 4.08. The van der Waals surface area contributed by atoms with Gasteiger partial charge in [-0.1, -0.05) is 0 Å². The fourth-order valence-corrected chi connectivity index (χ4v) is 1.02. The van der Waals surface area contributed by atoms with Gasteiger partial charge in [0, 0.05) is 12.3 Å². The molecule has 1 aromatic rings. The van der Waals surface area contributed by atoms with Crippen molar-refractivity contribution in [2.24, 2.45) is 5.73 Å². The predicted molar refractivity (Wildman–Crippen MR) is 49.4 cm³/mol. The van der Waals surface area contributed by atoms with Crippen LogP contribution in [0.1, 0.15) is 18.5 Å². The van der Waals surface area contributed by atoms with Gasteiger partial charge in [0.25, 0.3) is 0 Å². The number of nitrogens with two attached hydrogens (primary N) is 1. The van der Waals surface area contributed by atoms with E-state index in [1.807, 2.05) is 0 Å². The van der Waals surface area contributed by atoms with E-state index in [4.69, 9.17) is 10.5 Å². The van der Waals surface area contributed by atoms with Crippen molar-refractivity contribution in [2.45, 2.75) is 19.1 Å². The van der Waals surface area contributed by atoms with Crippen LogP contribution >= 0.6 is 0 Å². The van der Waals surface area contributed by atoms with Crippen LogP contribution in [-0.2, 0) is 0 Å². The fraction of sp³-hybridized carbons (Fsp3) is 0.444.